The molecule has 0 bridgehead atoms. The number of nitrogen functional groups attached to an aromatic ring is 2. The Balaban J connectivity index is 1.62. The van der Waals surface area contributed by atoms with Gasteiger partial charge in [0, 0.05) is 35.5 Å². The molecule has 0 aliphatic heterocycles. The van der Waals surface area contributed by atoms with E-state index >= 15 is 0 Å². The molecular formula is C24H24N6O2. The second-order valence-electron chi connectivity index (χ2n) is 7.35. The Kier molecular flexibility index (Phi) is 5.76. The highest BCUT2D eigenvalue weighted by Gasteiger charge is 2.17. The number of carbonyl (C=O) groups excluding carboxylic acids is 1. The van der Waals surface area contributed by atoms with E-state index in [9.17, 15) is 4.79 Å². The molecule has 0 aliphatic rings. The monoisotopic (exact) mass is 428 g/mol. The third-order valence-electron chi connectivity index (χ3n) is 5.38. The van der Waals surface area contributed by atoms with E-state index in [4.69, 9.17) is 21.6 Å². The number of H-pyrrole nitrogens is 1. The topological polar surface area (TPSA) is 143 Å². The number of ether oxygens (including phenoxy) is 1. The third kappa shape index (κ3) is 3.98. The molecule has 8 nitrogen and oxygen atoms in total. The van der Waals surface area contributed by atoms with Crippen LogP contribution in [0.4, 0.5) is 11.5 Å². The lowest BCUT2D eigenvalue weighted by Crippen LogP contribution is -2.27. The molecule has 0 saturated heterocycles. The number of nitrogens with two attached hydrogens (primary N) is 2. The Bertz CT molecular complexity index is 1310. The fraction of sp³-hybridized carbons (Fsp3) is 0.125. The van der Waals surface area contributed by atoms with Gasteiger partial charge in [0.15, 0.2) is 0 Å². The first-order valence-electron chi connectivity index (χ1n) is 10.1. The standard InChI is InChI=1S/C24H24N6O2/c1-32-21-5-3-2-4-14(21)6-7-28-24(31)18-9-15(8-16(11-25)23(18)27)19-12-29-20-13-30-22(26)10-17(19)20/h2-5,8-13,25,29H,6-7,27H2,1H3,(H2,26,30)(H,28,31). The van der Waals surface area contributed by atoms with Crippen molar-refractivity contribution in [3.63, 3.8) is 0 Å². The summed E-state index contributed by atoms with van der Waals surface area (Å²) in [6, 6.07) is 13.0. The number of anilines is 2. The van der Waals surface area contributed by atoms with Crippen LogP contribution < -0.4 is 21.5 Å². The van der Waals surface area contributed by atoms with Crippen molar-refractivity contribution in [3.8, 4) is 16.9 Å². The molecule has 0 unspecified atom stereocenters. The number of methoxy groups -OCH3 is 1. The Morgan fingerprint density at radius 1 is 1.25 bits per heavy atom. The largest absolute Gasteiger partial charge is 0.496 e. The van der Waals surface area contributed by atoms with Crippen LogP contribution in [0.25, 0.3) is 22.0 Å². The SMILES string of the molecule is COc1ccccc1CCNC(=O)c1cc(-c2c[nH]c3cnc(N)cc23)cc(C=N)c1N. The molecule has 2 aromatic heterocycles. The van der Waals surface area contributed by atoms with Crippen molar-refractivity contribution in [3.05, 3.63) is 71.5 Å². The maximum atomic E-state index is 13.0. The van der Waals surface area contributed by atoms with Crippen molar-refractivity contribution in [2.45, 2.75) is 6.42 Å². The number of para-hydroxylation sites is 1. The number of aromatic amines is 1. The van der Waals surface area contributed by atoms with E-state index in [1.165, 1.54) is 0 Å². The molecule has 0 aliphatic carbocycles. The number of carbonyl (C=O) groups is 1. The molecule has 2 heterocycles. The highest BCUT2D eigenvalue weighted by atomic mass is 16.5. The van der Waals surface area contributed by atoms with E-state index in [-0.39, 0.29) is 11.6 Å². The van der Waals surface area contributed by atoms with E-state index in [1.54, 1.807) is 31.5 Å². The molecule has 7 N–H and O–H groups in total. The molecule has 2 aromatic carbocycles. The summed E-state index contributed by atoms with van der Waals surface area (Å²) in [6.07, 6.45) is 5.25. The molecule has 162 valence electrons. The zero-order valence-electron chi connectivity index (χ0n) is 17.6. The van der Waals surface area contributed by atoms with Crippen LogP contribution in [-0.4, -0.2) is 35.7 Å². The highest BCUT2D eigenvalue weighted by Crippen LogP contribution is 2.32. The van der Waals surface area contributed by atoms with Gasteiger partial charge < -0.3 is 31.9 Å². The van der Waals surface area contributed by atoms with Gasteiger partial charge in [-0.15, -0.1) is 0 Å². The van der Waals surface area contributed by atoms with E-state index in [0.29, 0.717) is 29.9 Å². The molecule has 0 atom stereocenters. The number of amides is 1. The number of hydrogen-bond donors (Lipinski definition) is 5. The van der Waals surface area contributed by atoms with Crippen LogP contribution in [0, 0.1) is 5.41 Å². The molecule has 0 fully saturated rings. The van der Waals surface area contributed by atoms with Gasteiger partial charge in [0.1, 0.15) is 11.6 Å². The Hall–Kier alpha value is -4.33. The van der Waals surface area contributed by atoms with Crippen LogP contribution in [0.2, 0.25) is 0 Å². The van der Waals surface area contributed by atoms with E-state index in [0.717, 1.165) is 39.6 Å². The van der Waals surface area contributed by atoms with Crippen LogP contribution >= 0.6 is 0 Å². The fourth-order valence-corrected chi connectivity index (χ4v) is 3.73. The van der Waals surface area contributed by atoms with Gasteiger partial charge in [-0.1, -0.05) is 18.2 Å². The van der Waals surface area contributed by atoms with Crippen molar-refractivity contribution in [2.24, 2.45) is 0 Å². The summed E-state index contributed by atoms with van der Waals surface area (Å²) in [5.74, 6) is 0.876. The molecular weight excluding hydrogens is 404 g/mol. The van der Waals surface area contributed by atoms with Gasteiger partial charge in [-0.2, -0.15) is 0 Å². The molecule has 1 amide bonds. The first kappa shape index (κ1) is 20.9. The van der Waals surface area contributed by atoms with Crippen LogP contribution in [0.3, 0.4) is 0 Å². The van der Waals surface area contributed by atoms with Crippen molar-refractivity contribution < 1.29 is 9.53 Å². The lowest BCUT2D eigenvalue weighted by Gasteiger charge is -2.13. The van der Waals surface area contributed by atoms with Gasteiger partial charge >= 0.3 is 0 Å². The van der Waals surface area contributed by atoms with Gasteiger partial charge in [-0.25, -0.2) is 4.98 Å². The van der Waals surface area contributed by atoms with E-state index in [1.807, 2.05) is 30.5 Å². The molecule has 8 heteroatoms. The molecule has 32 heavy (non-hydrogen) atoms. The van der Waals surface area contributed by atoms with Gasteiger partial charge in [0.2, 0.25) is 0 Å². The number of benzene rings is 2. The van der Waals surface area contributed by atoms with Crippen molar-refractivity contribution in [2.75, 3.05) is 25.1 Å². The predicted octanol–water partition coefficient (Wildman–Crippen LogP) is 3.37. The average molecular weight is 428 g/mol. The minimum absolute atomic E-state index is 0.263. The molecule has 0 saturated carbocycles. The Labute approximate surface area is 185 Å². The highest BCUT2D eigenvalue weighted by molar-refractivity contribution is 6.06. The van der Waals surface area contributed by atoms with E-state index in [2.05, 4.69) is 15.3 Å². The average Bonchev–Trinajstić information content (AvgIpc) is 3.22. The number of nitrogens with one attached hydrogen (secondary N) is 3. The summed E-state index contributed by atoms with van der Waals surface area (Å²) in [5.41, 5.74) is 16.5. The number of hydrogen-bond acceptors (Lipinski definition) is 6. The summed E-state index contributed by atoms with van der Waals surface area (Å²) < 4.78 is 5.36. The van der Waals surface area contributed by atoms with Crippen molar-refractivity contribution >= 4 is 34.5 Å². The molecule has 4 aromatic rings. The minimum atomic E-state index is -0.302. The lowest BCUT2D eigenvalue weighted by atomic mass is 9.97. The molecule has 0 spiro atoms. The fourth-order valence-electron chi connectivity index (χ4n) is 3.73. The zero-order chi connectivity index (χ0) is 22.7. The first-order chi connectivity index (χ1) is 15.5. The quantitative estimate of drug-likeness (QED) is 0.226. The second kappa shape index (κ2) is 8.81. The summed E-state index contributed by atoms with van der Waals surface area (Å²) in [5, 5.41) is 11.5. The van der Waals surface area contributed by atoms with Crippen molar-refractivity contribution in [1.82, 2.24) is 15.3 Å². The number of nitrogens with zero attached hydrogens (tertiary/aromatic N) is 1. The number of pyridine rings is 1. The Morgan fingerprint density at radius 3 is 2.84 bits per heavy atom. The molecule has 4 rings (SSSR count). The number of fused-ring (bicyclic) bond motifs is 1. The van der Waals surface area contributed by atoms with Crippen LogP contribution in [0.15, 0.2) is 54.9 Å². The zero-order valence-corrected chi connectivity index (χ0v) is 17.6. The Morgan fingerprint density at radius 2 is 2.06 bits per heavy atom. The predicted molar refractivity (Wildman–Crippen MR) is 127 cm³/mol. The summed E-state index contributed by atoms with van der Waals surface area (Å²) >= 11 is 0. The summed E-state index contributed by atoms with van der Waals surface area (Å²) in [6.45, 7) is 0.415. The van der Waals surface area contributed by atoms with Gasteiger partial charge in [-0.3, -0.25) is 4.79 Å². The first-order valence-corrected chi connectivity index (χ1v) is 10.1. The maximum Gasteiger partial charge on any atom is 0.253 e. The van der Waals surface area contributed by atoms with Crippen molar-refractivity contribution in [1.29, 1.82) is 5.41 Å². The van der Waals surface area contributed by atoms with Crippen LogP contribution in [0.1, 0.15) is 21.5 Å². The third-order valence-corrected chi connectivity index (χ3v) is 5.38. The minimum Gasteiger partial charge on any atom is -0.496 e. The smallest absolute Gasteiger partial charge is 0.253 e. The van der Waals surface area contributed by atoms with Crippen LogP contribution in [0.5, 0.6) is 5.75 Å². The number of rotatable bonds is 7. The van der Waals surface area contributed by atoms with Gasteiger partial charge in [0.25, 0.3) is 5.91 Å². The lowest BCUT2D eigenvalue weighted by molar-refractivity contribution is 0.0955. The van der Waals surface area contributed by atoms with Gasteiger partial charge in [0.05, 0.1) is 30.1 Å². The number of aromatic nitrogens is 2. The summed E-state index contributed by atoms with van der Waals surface area (Å²) in [4.78, 5) is 20.2. The van der Waals surface area contributed by atoms with E-state index < -0.39 is 0 Å². The summed E-state index contributed by atoms with van der Waals surface area (Å²) in [7, 11) is 1.62. The molecule has 0 radical (unpaired) electrons. The maximum absolute atomic E-state index is 13.0. The van der Waals surface area contributed by atoms with Gasteiger partial charge in [-0.05, 0) is 41.8 Å². The van der Waals surface area contributed by atoms with Crippen LogP contribution in [-0.2, 0) is 6.42 Å². The normalized spacial score (nSPS) is 10.8. The second-order valence-corrected chi connectivity index (χ2v) is 7.35.